The van der Waals surface area contributed by atoms with Crippen molar-refractivity contribution in [3.05, 3.63) is 157 Å². The van der Waals surface area contributed by atoms with E-state index < -0.39 is 0 Å². The van der Waals surface area contributed by atoms with E-state index in [-0.39, 0.29) is 0 Å². The van der Waals surface area contributed by atoms with Crippen molar-refractivity contribution in [1.82, 2.24) is 18.5 Å². The lowest BCUT2D eigenvalue weighted by Crippen LogP contribution is -2.00. The van der Waals surface area contributed by atoms with E-state index in [1.54, 1.807) is 0 Å². The van der Waals surface area contributed by atoms with Gasteiger partial charge in [-0.05, 0) is 78.4 Å². The number of hydrogen-bond acceptors (Lipinski definition) is 3. The molecule has 0 radical (unpaired) electrons. The predicted molar refractivity (Wildman–Crippen MR) is 201 cm³/mol. The van der Waals surface area contributed by atoms with Crippen LogP contribution in [-0.4, -0.2) is 18.5 Å². The number of para-hydroxylation sites is 6. The largest absolute Gasteiger partial charge is 0.456 e. The standard InChI is InChI=1S/C44H25N5O/c45-26-34-29(12-9-19-38(34)48-40-17-7-8-18-41(40)49-39-16-6-3-13-35(39)46-44(48)49)27-20-22-42-32(24-27)33-25-28(21-23-43(33)50-42)47-36-14-4-1-10-30(36)31-11-2-5-15-37(31)47/h1-25H. The molecular weight excluding hydrogens is 615 g/mol. The van der Waals surface area contributed by atoms with E-state index in [2.05, 4.69) is 111 Å². The van der Waals surface area contributed by atoms with Gasteiger partial charge in [0.2, 0.25) is 5.78 Å². The van der Waals surface area contributed by atoms with Gasteiger partial charge in [0.1, 0.15) is 17.2 Å². The number of nitrogens with zero attached hydrogens (tertiary/aromatic N) is 5. The molecule has 4 heterocycles. The maximum atomic E-state index is 10.8. The summed E-state index contributed by atoms with van der Waals surface area (Å²) < 4.78 is 13.0. The Labute approximate surface area is 284 Å². The van der Waals surface area contributed by atoms with Crippen LogP contribution in [0, 0.1) is 11.3 Å². The summed E-state index contributed by atoms with van der Waals surface area (Å²) in [5.74, 6) is 0.773. The number of fused-ring (bicyclic) bond motifs is 11. The van der Waals surface area contributed by atoms with Gasteiger partial charge in [0, 0.05) is 32.8 Å². The van der Waals surface area contributed by atoms with E-state index in [0.29, 0.717) is 5.56 Å². The van der Waals surface area contributed by atoms with Crippen LogP contribution in [-0.2, 0) is 0 Å². The third-order valence-electron chi connectivity index (χ3n) is 10.1. The summed E-state index contributed by atoms with van der Waals surface area (Å²) in [6, 6.07) is 54.8. The molecule has 11 aromatic rings. The van der Waals surface area contributed by atoms with Crippen molar-refractivity contribution in [1.29, 1.82) is 5.26 Å². The normalized spacial score (nSPS) is 12.0. The van der Waals surface area contributed by atoms with E-state index in [0.717, 1.165) is 83.3 Å². The van der Waals surface area contributed by atoms with Crippen LogP contribution in [0.4, 0.5) is 0 Å². The highest BCUT2D eigenvalue weighted by atomic mass is 16.3. The highest BCUT2D eigenvalue weighted by Gasteiger charge is 2.21. The van der Waals surface area contributed by atoms with Crippen LogP contribution < -0.4 is 0 Å². The highest BCUT2D eigenvalue weighted by molar-refractivity contribution is 6.11. The summed E-state index contributed by atoms with van der Waals surface area (Å²) in [4.78, 5) is 5.04. The highest BCUT2D eigenvalue weighted by Crippen LogP contribution is 2.39. The van der Waals surface area contributed by atoms with Gasteiger partial charge in [-0.2, -0.15) is 5.26 Å². The Bertz CT molecular complexity index is 3180. The lowest BCUT2D eigenvalue weighted by Gasteiger charge is -2.12. The molecule has 7 aromatic carbocycles. The predicted octanol–water partition coefficient (Wildman–Crippen LogP) is 11.0. The molecule has 0 aliphatic heterocycles. The van der Waals surface area contributed by atoms with E-state index in [1.807, 2.05) is 60.7 Å². The molecule has 0 N–H and O–H groups in total. The summed E-state index contributed by atoms with van der Waals surface area (Å²) >= 11 is 0. The summed E-state index contributed by atoms with van der Waals surface area (Å²) in [6.45, 7) is 0. The van der Waals surface area contributed by atoms with Crippen molar-refractivity contribution in [3.63, 3.8) is 0 Å². The van der Waals surface area contributed by atoms with Gasteiger partial charge in [0.15, 0.2) is 0 Å². The number of imidazole rings is 2. The molecule has 0 saturated heterocycles. The van der Waals surface area contributed by atoms with Crippen LogP contribution in [0.5, 0.6) is 0 Å². The number of nitriles is 1. The van der Waals surface area contributed by atoms with E-state index in [1.165, 1.54) is 10.8 Å². The first-order valence-electron chi connectivity index (χ1n) is 16.6. The zero-order chi connectivity index (χ0) is 32.9. The van der Waals surface area contributed by atoms with Gasteiger partial charge in [-0.1, -0.05) is 78.9 Å². The number of furan rings is 1. The smallest absolute Gasteiger partial charge is 0.220 e. The van der Waals surface area contributed by atoms with Crippen molar-refractivity contribution in [2.45, 2.75) is 0 Å². The summed E-state index contributed by atoms with van der Waals surface area (Å²) in [5.41, 5.74) is 12.2. The van der Waals surface area contributed by atoms with E-state index in [9.17, 15) is 5.26 Å². The quantitative estimate of drug-likeness (QED) is 0.193. The fraction of sp³-hybridized carbons (Fsp3) is 0. The van der Waals surface area contributed by atoms with Gasteiger partial charge in [0.05, 0.1) is 44.4 Å². The minimum atomic E-state index is 0.584. The number of hydrogen-bond donors (Lipinski definition) is 0. The average Bonchev–Trinajstić information content (AvgIpc) is 3.91. The van der Waals surface area contributed by atoms with Crippen molar-refractivity contribution in [2.24, 2.45) is 0 Å². The maximum absolute atomic E-state index is 10.8. The van der Waals surface area contributed by atoms with Crippen LogP contribution in [0.2, 0.25) is 0 Å². The summed E-state index contributed by atoms with van der Waals surface area (Å²) in [5, 5.41) is 15.3. The number of aromatic nitrogens is 4. The summed E-state index contributed by atoms with van der Waals surface area (Å²) in [6.07, 6.45) is 0. The topological polar surface area (TPSA) is 64.1 Å². The molecule has 0 atom stereocenters. The van der Waals surface area contributed by atoms with Gasteiger partial charge >= 0.3 is 0 Å². The second-order valence-corrected chi connectivity index (χ2v) is 12.7. The molecule has 0 unspecified atom stereocenters. The SMILES string of the molecule is N#Cc1c(-c2ccc3oc4ccc(-n5c6ccccc6c6ccccc65)cc4c3c2)cccc1-n1c2ccccc2n2c3ccccc3nc12. The molecule has 11 rings (SSSR count). The van der Waals surface area contributed by atoms with Gasteiger partial charge in [-0.15, -0.1) is 0 Å². The van der Waals surface area contributed by atoms with Crippen molar-refractivity contribution < 1.29 is 4.42 Å². The summed E-state index contributed by atoms with van der Waals surface area (Å²) in [7, 11) is 0. The van der Waals surface area contributed by atoms with Crippen molar-refractivity contribution in [3.8, 4) is 28.6 Å². The average molecular weight is 640 g/mol. The van der Waals surface area contributed by atoms with Crippen LogP contribution in [0.15, 0.2) is 156 Å². The third-order valence-corrected chi connectivity index (χ3v) is 10.1. The molecule has 6 heteroatoms. The first kappa shape index (κ1) is 26.9. The Morgan fingerprint density at radius 1 is 0.520 bits per heavy atom. The van der Waals surface area contributed by atoms with Crippen molar-refractivity contribution in [2.75, 3.05) is 0 Å². The van der Waals surface area contributed by atoms with Gasteiger partial charge in [0.25, 0.3) is 0 Å². The Hall–Kier alpha value is -7.10. The van der Waals surface area contributed by atoms with E-state index in [4.69, 9.17) is 9.40 Å². The van der Waals surface area contributed by atoms with E-state index >= 15 is 0 Å². The molecule has 50 heavy (non-hydrogen) atoms. The number of rotatable bonds is 3. The fourth-order valence-corrected chi connectivity index (χ4v) is 7.95. The molecule has 0 fully saturated rings. The molecular formula is C44H25N5O. The second-order valence-electron chi connectivity index (χ2n) is 12.7. The molecule has 232 valence electrons. The molecule has 0 spiro atoms. The van der Waals surface area contributed by atoms with Crippen LogP contribution in [0.3, 0.4) is 0 Å². The molecule has 0 saturated carbocycles. The second kappa shape index (κ2) is 9.96. The Kier molecular flexibility index (Phi) is 5.36. The first-order valence-corrected chi connectivity index (χ1v) is 16.6. The Morgan fingerprint density at radius 3 is 1.92 bits per heavy atom. The Morgan fingerprint density at radius 2 is 1.16 bits per heavy atom. The monoisotopic (exact) mass is 639 g/mol. The van der Waals surface area contributed by atoms with Crippen LogP contribution >= 0.6 is 0 Å². The van der Waals surface area contributed by atoms with Crippen LogP contribution in [0.25, 0.3) is 94.1 Å². The lowest BCUT2D eigenvalue weighted by atomic mass is 9.97. The number of benzene rings is 7. The lowest BCUT2D eigenvalue weighted by molar-refractivity contribution is 0.669. The fourth-order valence-electron chi connectivity index (χ4n) is 7.95. The van der Waals surface area contributed by atoms with Crippen molar-refractivity contribution >= 4 is 71.6 Å². The zero-order valence-corrected chi connectivity index (χ0v) is 26.6. The molecule has 4 aromatic heterocycles. The van der Waals surface area contributed by atoms with Gasteiger partial charge in [-0.3, -0.25) is 8.97 Å². The first-order chi connectivity index (χ1) is 24.8. The van der Waals surface area contributed by atoms with Gasteiger partial charge in [-0.25, -0.2) is 4.98 Å². The third kappa shape index (κ3) is 3.58. The van der Waals surface area contributed by atoms with Crippen LogP contribution in [0.1, 0.15) is 5.56 Å². The molecule has 0 aliphatic rings. The minimum Gasteiger partial charge on any atom is -0.456 e. The minimum absolute atomic E-state index is 0.584. The van der Waals surface area contributed by atoms with Gasteiger partial charge < -0.3 is 8.98 Å². The molecule has 0 bridgehead atoms. The molecule has 6 nitrogen and oxygen atoms in total. The molecule has 0 amide bonds. The maximum Gasteiger partial charge on any atom is 0.220 e. The Balaban J connectivity index is 1.13. The molecule has 0 aliphatic carbocycles. The zero-order valence-electron chi connectivity index (χ0n) is 26.6.